The van der Waals surface area contributed by atoms with Crippen LogP contribution in [0.1, 0.15) is 5.82 Å². The van der Waals surface area contributed by atoms with E-state index >= 15 is 0 Å². The van der Waals surface area contributed by atoms with Crippen LogP contribution in [0.5, 0.6) is 5.75 Å². The van der Waals surface area contributed by atoms with Crippen LogP contribution in [-0.4, -0.2) is 14.5 Å². The van der Waals surface area contributed by atoms with E-state index in [4.69, 9.17) is 23.2 Å². The summed E-state index contributed by atoms with van der Waals surface area (Å²) in [5.41, 5.74) is 0.363. The number of hydrogen-bond donors (Lipinski definition) is 1. The van der Waals surface area contributed by atoms with E-state index in [0.717, 1.165) is 11.5 Å². The lowest BCUT2D eigenvalue weighted by molar-refractivity contribution is 0.475. The molecule has 0 aliphatic rings. The molecule has 1 aromatic carbocycles. The Hall–Kier alpha value is -1.24. The summed E-state index contributed by atoms with van der Waals surface area (Å²) >= 11 is 12.7. The predicted molar refractivity (Wildman–Crippen MR) is 66.9 cm³/mol. The normalized spacial score (nSPS) is 11.2. The van der Waals surface area contributed by atoms with Crippen molar-refractivity contribution in [2.45, 2.75) is 6.92 Å². The van der Waals surface area contributed by atoms with E-state index < -0.39 is 0 Å². The van der Waals surface area contributed by atoms with Crippen molar-refractivity contribution in [1.29, 1.82) is 0 Å². The summed E-state index contributed by atoms with van der Waals surface area (Å²) in [6.45, 7) is 1.76. The Kier molecular flexibility index (Phi) is 3.56. The van der Waals surface area contributed by atoms with Crippen LogP contribution in [0.3, 0.4) is 0 Å². The van der Waals surface area contributed by atoms with Crippen LogP contribution in [0, 0.1) is 6.92 Å². The van der Waals surface area contributed by atoms with Gasteiger partial charge < -0.3 is 5.11 Å². The van der Waals surface area contributed by atoms with Gasteiger partial charge in [0.25, 0.3) is 0 Å². The van der Waals surface area contributed by atoms with E-state index in [9.17, 15) is 5.11 Å². The molecule has 5 nitrogen and oxygen atoms in total. The molecule has 1 aromatic heterocycles. The minimum absolute atomic E-state index is 0.0950. The lowest BCUT2D eigenvalue weighted by Crippen LogP contribution is -1.72. The molecule has 88 valence electrons. The Balaban J connectivity index is 2.30. The molecule has 1 N–H and O–H groups in total. The highest BCUT2D eigenvalue weighted by Gasteiger charge is 2.06. The molecule has 0 fully saturated rings. The number of azo groups is 1. The van der Waals surface area contributed by atoms with Crippen LogP contribution >= 0.6 is 34.7 Å². The van der Waals surface area contributed by atoms with Gasteiger partial charge in [-0.05, 0) is 13.0 Å². The van der Waals surface area contributed by atoms with E-state index in [-0.39, 0.29) is 15.8 Å². The lowest BCUT2D eigenvalue weighted by Gasteiger charge is -1.99. The number of rotatable bonds is 2. The molecule has 0 spiro atoms. The molecule has 0 amide bonds. The minimum atomic E-state index is -0.0950. The maximum absolute atomic E-state index is 9.30. The third kappa shape index (κ3) is 2.91. The second kappa shape index (κ2) is 4.95. The third-order valence-corrected chi connectivity index (χ3v) is 3.07. The first-order chi connectivity index (χ1) is 8.06. The van der Waals surface area contributed by atoms with Gasteiger partial charge in [0.1, 0.15) is 17.3 Å². The summed E-state index contributed by atoms with van der Waals surface area (Å²) < 4.78 is 3.96. The molecule has 17 heavy (non-hydrogen) atoms. The summed E-state index contributed by atoms with van der Waals surface area (Å²) in [5, 5.41) is 17.9. The van der Waals surface area contributed by atoms with E-state index in [2.05, 4.69) is 19.6 Å². The van der Waals surface area contributed by atoms with Crippen LogP contribution in [-0.2, 0) is 0 Å². The first-order valence-electron chi connectivity index (χ1n) is 4.46. The second-order valence-corrected chi connectivity index (χ2v) is 4.62. The van der Waals surface area contributed by atoms with E-state index in [1.807, 2.05) is 0 Å². The average molecular weight is 289 g/mol. The van der Waals surface area contributed by atoms with Crippen LogP contribution in [0.4, 0.5) is 10.8 Å². The Morgan fingerprint density at radius 2 is 2.00 bits per heavy atom. The van der Waals surface area contributed by atoms with E-state index in [1.165, 1.54) is 12.1 Å². The Morgan fingerprint density at radius 3 is 2.65 bits per heavy atom. The number of phenols is 1. The predicted octanol–water partition coefficient (Wildman–Crippen LogP) is 4.27. The molecule has 0 bridgehead atoms. The molecule has 2 aromatic rings. The smallest absolute Gasteiger partial charge is 0.249 e. The maximum Gasteiger partial charge on any atom is 0.249 e. The van der Waals surface area contributed by atoms with Gasteiger partial charge in [0.15, 0.2) is 0 Å². The van der Waals surface area contributed by atoms with Gasteiger partial charge in [-0.15, -0.1) is 10.2 Å². The van der Waals surface area contributed by atoms with Crippen molar-refractivity contribution < 1.29 is 5.11 Å². The number of phenolic OH excluding ortho intramolecular Hbond substituents is 1. The molecule has 0 radical (unpaired) electrons. The fourth-order valence-corrected chi connectivity index (χ4v) is 1.88. The summed E-state index contributed by atoms with van der Waals surface area (Å²) in [7, 11) is 0. The van der Waals surface area contributed by atoms with Crippen LogP contribution in [0.15, 0.2) is 22.4 Å². The Bertz CT molecular complexity index is 584. The monoisotopic (exact) mass is 288 g/mol. The molecule has 0 aliphatic heterocycles. The van der Waals surface area contributed by atoms with Crippen LogP contribution < -0.4 is 0 Å². The summed E-state index contributed by atoms with van der Waals surface area (Å²) in [6.07, 6.45) is 0. The zero-order valence-corrected chi connectivity index (χ0v) is 10.9. The maximum atomic E-state index is 9.30. The fourth-order valence-electron chi connectivity index (χ4n) is 1.03. The van der Waals surface area contributed by atoms with Crippen molar-refractivity contribution in [3.8, 4) is 5.75 Å². The first kappa shape index (κ1) is 12.2. The van der Waals surface area contributed by atoms with Crippen molar-refractivity contribution in [1.82, 2.24) is 9.36 Å². The summed E-state index contributed by atoms with van der Waals surface area (Å²) in [6, 6.07) is 2.74. The van der Waals surface area contributed by atoms with Crippen LogP contribution in [0.2, 0.25) is 10.0 Å². The highest BCUT2D eigenvalue weighted by Crippen LogP contribution is 2.35. The van der Waals surface area contributed by atoms with Crippen molar-refractivity contribution in [2.24, 2.45) is 10.2 Å². The average Bonchev–Trinajstić information content (AvgIpc) is 2.68. The summed E-state index contributed by atoms with van der Waals surface area (Å²) in [4.78, 5) is 4.02. The molecular formula is C9H6Cl2N4OS. The molecule has 0 saturated heterocycles. The lowest BCUT2D eigenvalue weighted by atomic mass is 10.3. The van der Waals surface area contributed by atoms with Gasteiger partial charge >= 0.3 is 0 Å². The zero-order chi connectivity index (χ0) is 12.4. The fraction of sp³-hybridized carbons (Fsp3) is 0.111. The number of aromatic nitrogens is 2. The standard InChI is InChI=1S/C9H6Cl2N4OS/c1-4-12-9(17-15-4)14-13-7-2-6(11)8(16)3-5(7)10/h2-3,16H,1H3/b14-13+. The van der Waals surface area contributed by atoms with Gasteiger partial charge in [0, 0.05) is 17.6 Å². The highest BCUT2D eigenvalue weighted by molar-refractivity contribution is 7.09. The topological polar surface area (TPSA) is 70.7 Å². The number of hydrogen-bond acceptors (Lipinski definition) is 6. The SMILES string of the molecule is Cc1nsc(/N=N/c2cc(Cl)c(O)cc2Cl)n1. The zero-order valence-electron chi connectivity index (χ0n) is 8.55. The molecule has 0 aliphatic carbocycles. The second-order valence-electron chi connectivity index (χ2n) is 3.08. The van der Waals surface area contributed by atoms with Crippen LogP contribution in [0.25, 0.3) is 0 Å². The van der Waals surface area contributed by atoms with E-state index in [1.54, 1.807) is 6.92 Å². The van der Waals surface area contributed by atoms with Gasteiger partial charge in [0.2, 0.25) is 5.13 Å². The largest absolute Gasteiger partial charge is 0.506 e. The quantitative estimate of drug-likeness (QED) is 0.839. The van der Waals surface area contributed by atoms with Crippen molar-refractivity contribution in [3.05, 3.63) is 28.0 Å². The molecule has 8 heteroatoms. The van der Waals surface area contributed by atoms with Gasteiger partial charge in [0.05, 0.1) is 10.0 Å². The third-order valence-electron chi connectivity index (χ3n) is 1.78. The minimum Gasteiger partial charge on any atom is -0.506 e. The van der Waals surface area contributed by atoms with Crippen molar-refractivity contribution in [3.63, 3.8) is 0 Å². The van der Waals surface area contributed by atoms with Gasteiger partial charge in [-0.3, -0.25) is 0 Å². The molecule has 1 heterocycles. The van der Waals surface area contributed by atoms with Crippen molar-refractivity contribution in [2.75, 3.05) is 0 Å². The molecule has 2 rings (SSSR count). The van der Waals surface area contributed by atoms with Gasteiger partial charge in [-0.1, -0.05) is 23.2 Å². The van der Waals surface area contributed by atoms with E-state index in [0.29, 0.717) is 16.6 Å². The van der Waals surface area contributed by atoms with Crippen molar-refractivity contribution >= 4 is 45.6 Å². The Labute approximate surface area is 111 Å². The number of nitrogens with zero attached hydrogens (tertiary/aromatic N) is 4. The number of benzene rings is 1. The number of aromatic hydroxyl groups is 1. The van der Waals surface area contributed by atoms with Gasteiger partial charge in [-0.25, -0.2) is 4.98 Å². The first-order valence-corrected chi connectivity index (χ1v) is 5.99. The summed E-state index contributed by atoms with van der Waals surface area (Å²) in [5.74, 6) is 0.543. The van der Waals surface area contributed by atoms with Gasteiger partial charge in [-0.2, -0.15) is 4.37 Å². The molecule has 0 unspecified atom stereocenters. The number of aryl methyl sites for hydroxylation is 1. The molecular weight excluding hydrogens is 283 g/mol. The Morgan fingerprint density at radius 1 is 1.24 bits per heavy atom. The molecule has 0 saturated carbocycles. The highest BCUT2D eigenvalue weighted by atomic mass is 35.5. The number of halogens is 2. The molecule has 0 atom stereocenters.